The minimum Gasteiger partial charge on any atom is -0.497 e. The second-order valence-electron chi connectivity index (χ2n) is 9.87. The Kier molecular flexibility index (Phi) is 7.38. The molecule has 0 spiro atoms. The zero-order chi connectivity index (χ0) is 28.5. The molecule has 1 atom stereocenters. The molecule has 3 heterocycles. The van der Waals surface area contributed by atoms with Gasteiger partial charge in [0.05, 0.1) is 54.3 Å². The molecule has 206 valence electrons. The van der Waals surface area contributed by atoms with Crippen molar-refractivity contribution in [3.63, 3.8) is 0 Å². The fourth-order valence-electron chi connectivity index (χ4n) is 5.17. The second-order valence-corrected chi connectivity index (χ2v) is 10.8. The van der Waals surface area contributed by atoms with E-state index in [-0.39, 0.29) is 30.8 Å². The second kappa shape index (κ2) is 11.3. The van der Waals surface area contributed by atoms with Gasteiger partial charge in [-0.3, -0.25) is 19.3 Å². The number of aromatic nitrogens is 1. The highest BCUT2D eigenvalue weighted by atomic mass is 79.9. The summed E-state index contributed by atoms with van der Waals surface area (Å²) in [6.07, 6.45) is 3.32. The average molecular weight is 612 g/mol. The van der Waals surface area contributed by atoms with E-state index >= 15 is 0 Å². The minimum atomic E-state index is -0.496. The average Bonchev–Trinajstić information content (AvgIpc) is 3.24. The molecule has 8 nitrogen and oxygen atoms in total. The molecule has 2 aliphatic rings. The molecule has 0 N–H and O–H groups in total. The molecule has 0 bridgehead atoms. The van der Waals surface area contributed by atoms with Crippen LogP contribution in [0.2, 0.25) is 0 Å². The van der Waals surface area contributed by atoms with Crippen molar-refractivity contribution in [2.45, 2.75) is 6.10 Å². The lowest BCUT2D eigenvalue weighted by Gasteiger charge is -2.34. The Labute approximate surface area is 245 Å². The summed E-state index contributed by atoms with van der Waals surface area (Å²) in [5, 5.41) is 0.731. The Bertz CT molecular complexity index is 1670. The molecular weight excluding hydrogens is 586 g/mol. The number of rotatable bonds is 6. The summed E-state index contributed by atoms with van der Waals surface area (Å²) in [7, 11) is 1.63. The summed E-state index contributed by atoms with van der Waals surface area (Å²) in [4.78, 5) is 47.4. The highest BCUT2D eigenvalue weighted by Gasteiger charge is 2.38. The third-order valence-electron chi connectivity index (χ3n) is 7.27. The molecule has 1 unspecified atom stereocenters. The van der Waals surface area contributed by atoms with Crippen LogP contribution in [0.15, 0.2) is 77.3 Å². The largest absolute Gasteiger partial charge is 0.497 e. The van der Waals surface area contributed by atoms with Gasteiger partial charge in [-0.2, -0.15) is 0 Å². The third kappa shape index (κ3) is 5.38. The van der Waals surface area contributed by atoms with E-state index in [1.54, 1.807) is 42.3 Å². The van der Waals surface area contributed by atoms with E-state index < -0.39 is 6.10 Å². The van der Waals surface area contributed by atoms with Gasteiger partial charge in [-0.15, -0.1) is 0 Å². The lowest BCUT2D eigenvalue weighted by molar-refractivity contribution is -0.0302. The topological polar surface area (TPSA) is 89.0 Å². The van der Waals surface area contributed by atoms with Gasteiger partial charge < -0.3 is 14.4 Å². The number of methoxy groups -OCH3 is 1. The molecule has 2 aliphatic heterocycles. The normalized spacial score (nSPS) is 17.0. The number of pyridine rings is 1. The van der Waals surface area contributed by atoms with E-state index in [1.165, 1.54) is 4.90 Å². The predicted octanol–water partition coefficient (Wildman–Crippen LogP) is 5.31. The standard InChI is InChI=1S/C32H26BrN3O5/c1-40-23-11-7-20(8-12-23)6-10-22-17-28(27-16-21(33)9-13-29(27)34-22)30(37)35-14-15-41-24(18-35)19-36-31(38)25-4-2-3-5-26(25)32(36)39/h2-13,16-17,24H,14-15,18-19H2,1H3/b10-6+. The number of halogens is 1. The van der Waals surface area contributed by atoms with Crippen LogP contribution in [0.4, 0.5) is 0 Å². The molecule has 4 aromatic rings. The summed E-state index contributed by atoms with van der Waals surface area (Å²) < 4.78 is 12.0. The van der Waals surface area contributed by atoms with Crippen molar-refractivity contribution in [1.82, 2.24) is 14.8 Å². The first-order valence-corrected chi connectivity index (χ1v) is 14.0. The van der Waals surface area contributed by atoms with Crippen molar-refractivity contribution in [2.75, 3.05) is 33.4 Å². The van der Waals surface area contributed by atoms with Gasteiger partial charge in [0.1, 0.15) is 5.75 Å². The molecule has 6 rings (SSSR count). The zero-order valence-corrected chi connectivity index (χ0v) is 23.8. The van der Waals surface area contributed by atoms with Gasteiger partial charge in [0.2, 0.25) is 0 Å². The summed E-state index contributed by atoms with van der Waals surface area (Å²) in [6, 6.07) is 21.9. The maximum atomic E-state index is 14.0. The van der Waals surface area contributed by atoms with E-state index in [2.05, 4.69) is 15.9 Å². The van der Waals surface area contributed by atoms with E-state index in [0.717, 1.165) is 21.2 Å². The Morgan fingerprint density at radius 1 is 1.02 bits per heavy atom. The van der Waals surface area contributed by atoms with Gasteiger partial charge in [0.25, 0.3) is 17.7 Å². The number of nitrogens with zero attached hydrogens (tertiary/aromatic N) is 3. The van der Waals surface area contributed by atoms with Crippen molar-refractivity contribution in [3.05, 3.63) is 105 Å². The van der Waals surface area contributed by atoms with Crippen LogP contribution in [-0.2, 0) is 4.74 Å². The van der Waals surface area contributed by atoms with Crippen LogP contribution in [0.1, 0.15) is 42.3 Å². The Balaban J connectivity index is 1.25. The van der Waals surface area contributed by atoms with Crippen molar-refractivity contribution in [1.29, 1.82) is 0 Å². The van der Waals surface area contributed by atoms with Gasteiger partial charge in [-0.05, 0) is 60.2 Å². The van der Waals surface area contributed by atoms with Gasteiger partial charge in [0, 0.05) is 22.9 Å². The van der Waals surface area contributed by atoms with Gasteiger partial charge in [-0.25, -0.2) is 4.98 Å². The first-order chi connectivity index (χ1) is 19.9. The third-order valence-corrected chi connectivity index (χ3v) is 7.77. The molecule has 1 fully saturated rings. The van der Waals surface area contributed by atoms with Crippen molar-refractivity contribution >= 4 is 56.7 Å². The molecular formula is C32H26BrN3O5. The number of fused-ring (bicyclic) bond motifs is 2. The number of imide groups is 1. The SMILES string of the molecule is COc1ccc(/C=C/c2cc(C(=O)N3CCOC(CN4C(=O)c5ccccc5C4=O)C3)c3cc(Br)ccc3n2)cc1. The number of hydrogen-bond donors (Lipinski definition) is 0. The lowest BCUT2D eigenvalue weighted by Crippen LogP contribution is -2.50. The van der Waals surface area contributed by atoms with Crippen LogP contribution in [0.3, 0.4) is 0 Å². The van der Waals surface area contributed by atoms with Crippen LogP contribution in [0, 0.1) is 0 Å². The number of hydrogen-bond acceptors (Lipinski definition) is 6. The fraction of sp³-hybridized carbons (Fsp3) is 0.188. The quantitative estimate of drug-likeness (QED) is 0.274. The van der Waals surface area contributed by atoms with Crippen LogP contribution in [-0.4, -0.2) is 72.0 Å². The zero-order valence-electron chi connectivity index (χ0n) is 22.2. The molecule has 1 aromatic heterocycles. The van der Waals surface area contributed by atoms with E-state index in [4.69, 9.17) is 14.5 Å². The molecule has 9 heteroatoms. The first-order valence-electron chi connectivity index (χ1n) is 13.2. The molecule has 0 aliphatic carbocycles. The van der Waals surface area contributed by atoms with Gasteiger partial charge >= 0.3 is 0 Å². The lowest BCUT2D eigenvalue weighted by atomic mass is 10.0. The number of morpholine rings is 1. The Morgan fingerprint density at radius 2 is 1.76 bits per heavy atom. The Hall–Kier alpha value is -4.34. The van der Waals surface area contributed by atoms with E-state index in [0.29, 0.717) is 41.1 Å². The van der Waals surface area contributed by atoms with Crippen molar-refractivity contribution in [3.8, 4) is 5.75 Å². The minimum absolute atomic E-state index is 0.0780. The molecule has 3 amide bonds. The van der Waals surface area contributed by atoms with E-state index in [1.807, 2.05) is 54.6 Å². The molecule has 3 aromatic carbocycles. The smallest absolute Gasteiger partial charge is 0.261 e. The number of benzene rings is 3. The van der Waals surface area contributed by atoms with Crippen LogP contribution < -0.4 is 4.74 Å². The van der Waals surface area contributed by atoms with Crippen LogP contribution >= 0.6 is 15.9 Å². The molecule has 0 radical (unpaired) electrons. The van der Waals surface area contributed by atoms with Crippen molar-refractivity contribution in [2.24, 2.45) is 0 Å². The van der Waals surface area contributed by atoms with E-state index in [9.17, 15) is 14.4 Å². The van der Waals surface area contributed by atoms with Crippen LogP contribution in [0.25, 0.3) is 23.1 Å². The maximum Gasteiger partial charge on any atom is 0.261 e. The maximum absolute atomic E-state index is 14.0. The number of amides is 3. The molecule has 1 saturated heterocycles. The van der Waals surface area contributed by atoms with Crippen molar-refractivity contribution < 1.29 is 23.9 Å². The summed E-state index contributed by atoms with van der Waals surface area (Å²) >= 11 is 3.52. The van der Waals surface area contributed by atoms with Gasteiger partial charge in [-0.1, -0.05) is 46.3 Å². The van der Waals surface area contributed by atoms with Gasteiger partial charge in [0.15, 0.2) is 0 Å². The first kappa shape index (κ1) is 26.9. The molecule has 0 saturated carbocycles. The summed E-state index contributed by atoms with van der Waals surface area (Å²) in [5.74, 6) is -0.0617. The Morgan fingerprint density at radius 3 is 2.46 bits per heavy atom. The van der Waals surface area contributed by atoms with Crippen LogP contribution in [0.5, 0.6) is 5.75 Å². The predicted molar refractivity (Wildman–Crippen MR) is 159 cm³/mol. The fourth-order valence-corrected chi connectivity index (χ4v) is 5.53. The monoisotopic (exact) mass is 611 g/mol. The highest BCUT2D eigenvalue weighted by molar-refractivity contribution is 9.10. The summed E-state index contributed by atoms with van der Waals surface area (Å²) in [6.45, 7) is 1.03. The summed E-state index contributed by atoms with van der Waals surface area (Å²) in [5.41, 5.74) is 3.63. The number of carbonyl (C=O) groups excluding carboxylic acids is 3. The number of ether oxygens (including phenoxy) is 2. The highest BCUT2D eigenvalue weighted by Crippen LogP contribution is 2.27. The number of carbonyl (C=O) groups is 3. The molecule has 41 heavy (non-hydrogen) atoms.